The lowest BCUT2D eigenvalue weighted by Crippen LogP contribution is -2.38. The van der Waals surface area contributed by atoms with E-state index in [1.807, 2.05) is 0 Å². The molecule has 5 heteroatoms. The number of nitrogens with one attached hydrogen (secondary N) is 1. The van der Waals surface area contributed by atoms with E-state index in [9.17, 15) is 0 Å². The Bertz CT molecular complexity index is 432. The van der Waals surface area contributed by atoms with Crippen LogP contribution in [0.25, 0.3) is 0 Å². The van der Waals surface area contributed by atoms with Gasteiger partial charge in [0.05, 0.1) is 12.3 Å². The number of nitrogens with zero attached hydrogens (tertiary/aromatic N) is 3. The predicted octanol–water partition coefficient (Wildman–Crippen LogP) is 2.29. The minimum absolute atomic E-state index is 0.268. The first-order chi connectivity index (χ1) is 9.51. The minimum atomic E-state index is 0.268. The van der Waals surface area contributed by atoms with E-state index in [1.54, 1.807) is 7.11 Å². The third-order valence-corrected chi connectivity index (χ3v) is 4.22. The van der Waals surface area contributed by atoms with Gasteiger partial charge in [-0.25, -0.2) is 4.98 Å². The second kappa shape index (κ2) is 6.59. The smallest absolute Gasteiger partial charge is 0.203 e. The molecule has 0 saturated carbocycles. The molecule has 0 aliphatic carbocycles. The summed E-state index contributed by atoms with van der Waals surface area (Å²) >= 11 is 0. The average molecular weight is 280 g/mol. The normalized spacial score (nSPS) is 25.6. The van der Waals surface area contributed by atoms with Crippen molar-refractivity contribution in [2.75, 3.05) is 32.6 Å². The first-order valence-electron chi connectivity index (χ1n) is 7.52. The van der Waals surface area contributed by atoms with Gasteiger partial charge in [-0.05, 0) is 40.7 Å². The number of aryl methyl sites for hydroxylation is 1. The average Bonchev–Trinajstić information content (AvgIpc) is 2.74. The van der Waals surface area contributed by atoms with Crippen LogP contribution in [0.15, 0.2) is 6.20 Å². The molecular formula is C15H28N4O. The third kappa shape index (κ3) is 3.52. The van der Waals surface area contributed by atoms with Crippen molar-refractivity contribution in [2.45, 2.75) is 51.7 Å². The van der Waals surface area contributed by atoms with E-state index < -0.39 is 0 Å². The highest BCUT2D eigenvalue weighted by atomic mass is 16.5. The van der Waals surface area contributed by atoms with Gasteiger partial charge < -0.3 is 19.5 Å². The monoisotopic (exact) mass is 280 g/mol. The standard InChI is InChI=1S/C15H28N4O/c1-11-9-19(14-6-7-18(4)13(3)8-14)15(16-11)17-12(2)10-20-5/h9,12-14H,6-8,10H2,1-5H3,(H,16,17). The van der Waals surface area contributed by atoms with Crippen LogP contribution in [0.5, 0.6) is 0 Å². The number of hydrogen-bond donors (Lipinski definition) is 1. The fraction of sp³-hybridized carbons (Fsp3) is 0.800. The largest absolute Gasteiger partial charge is 0.383 e. The molecule has 1 aromatic rings. The molecule has 0 aromatic carbocycles. The van der Waals surface area contributed by atoms with Crippen molar-refractivity contribution < 1.29 is 4.74 Å². The van der Waals surface area contributed by atoms with Gasteiger partial charge >= 0.3 is 0 Å². The van der Waals surface area contributed by atoms with Crippen LogP contribution >= 0.6 is 0 Å². The van der Waals surface area contributed by atoms with Crippen molar-refractivity contribution in [3.63, 3.8) is 0 Å². The molecule has 1 N–H and O–H groups in total. The fourth-order valence-electron chi connectivity index (χ4n) is 2.93. The van der Waals surface area contributed by atoms with Crippen molar-refractivity contribution >= 4 is 5.95 Å². The first-order valence-corrected chi connectivity index (χ1v) is 7.52. The molecule has 2 rings (SSSR count). The van der Waals surface area contributed by atoms with E-state index in [4.69, 9.17) is 4.74 Å². The molecule has 0 bridgehead atoms. The second-order valence-electron chi connectivity index (χ2n) is 6.12. The van der Waals surface area contributed by atoms with Crippen molar-refractivity contribution in [3.05, 3.63) is 11.9 Å². The van der Waals surface area contributed by atoms with Crippen molar-refractivity contribution in [2.24, 2.45) is 0 Å². The zero-order chi connectivity index (χ0) is 14.7. The maximum Gasteiger partial charge on any atom is 0.203 e. The summed E-state index contributed by atoms with van der Waals surface area (Å²) < 4.78 is 7.52. The van der Waals surface area contributed by atoms with E-state index >= 15 is 0 Å². The van der Waals surface area contributed by atoms with Gasteiger partial charge in [0.1, 0.15) is 0 Å². The fourth-order valence-corrected chi connectivity index (χ4v) is 2.93. The van der Waals surface area contributed by atoms with Crippen LogP contribution in [0, 0.1) is 6.92 Å². The Labute approximate surface area is 122 Å². The Balaban J connectivity index is 2.11. The lowest BCUT2D eigenvalue weighted by molar-refractivity contribution is 0.157. The molecule has 1 fully saturated rings. The number of anilines is 1. The highest BCUT2D eigenvalue weighted by molar-refractivity contribution is 5.31. The van der Waals surface area contributed by atoms with Crippen LogP contribution in [0.4, 0.5) is 5.95 Å². The van der Waals surface area contributed by atoms with Crippen molar-refractivity contribution in [1.29, 1.82) is 0 Å². The van der Waals surface area contributed by atoms with Gasteiger partial charge in [0.2, 0.25) is 5.95 Å². The summed E-state index contributed by atoms with van der Waals surface area (Å²) in [6, 6.07) is 1.43. The van der Waals surface area contributed by atoms with Crippen LogP contribution in [0.2, 0.25) is 0 Å². The maximum atomic E-state index is 5.19. The summed E-state index contributed by atoms with van der Waals surface area (Å²) in [6.45, 7) is 8.32. The quantitative estimate of drug-likeness (QED) is 0.898. The zero-order valence-electron chi connectivity index (χ0n) is 13.4. The van der Waals surface area contributed by atoms with Crippen LogP contribution in [-0.2, 0) is 4.74 Å². The van der Waals surface area contributed by atoms with E-state index in [1.165, 1.54) is 12.8 Å². The summed E-state index contributed by atoms with van der Waals surface area (Å²) in [5.74, 6) is 0.980. The molecule has 2 heterocycles. The van der Waals surface area contributed by atoms with Crippen LogP contribution in [0.3, 0.4) is 0 Å². The van der Waals surface area contributed by atoms with Gasteiger partial charge in [0, 0.05) is 38.0 Å². The summed E-state index contributed by atoms with van der Waals surface area (Å²) in [6.07, 6.45) is 4.54. The number of imidazole rings is 1. The molecule has 1 aliphatic heterocycles. The predicted molar refractivity (Wildman–Crippen MR) is 82.3 cm³/mol. The molecule has 0 amide bonds. The van der Waals surface area contributed by atoms with Gasteiger partial charge in [0.15, 0.2) is 0 Å². The van der Waals surface area contributed by atoms with Gasteiger partial charge in [-0.2, -0.15) is 0 Å². The Morgan fingerprint density at radius 3 is 2.95 bits per heavy atom. The molecule has 3 atom stereocenters. The van der Waals surface area contributed by atoms with E-state index in [-0.39, 0.29) is 6.04 Å². The first kappa shape index (κ1) is 15.3. The van der Waals surface area contributed by atoms with Gasteiger partial charge in [-0.15, -0.1) is 0 Å². The summed E-state index contributed by atoms with van der Waals surface area (Å²) in [5, 5.41) is 3.47. The third-order valence-electron chi connectivity index (χ3n) is 4.22. The molecule has 5 nitrogen and oxygen atoms in total. The van der Waals surface area contributed by atoms with Gasteiger partial charge in [-0.1, -0.05) is 0 Å². The molecule has 0 spiro atoms. The topological polar surface area (TPSA) is 42.3 Å². The van der Waals surface area contributed by atoms with Crippen LogP contribution in [-0.4, -0.2) is 53.8 Å². The summed E-state index contributed by atoms with van der Waals surface area (Å²) in [5.41, 5.74) is 1.07. The Morgan fingerprint density at radius 2 is 2.30 bits per heavy atom. The van der Waals surface area contributed by atoms with Gasteiger partial charge in [-0.3, -0.25) is 0 Å². The Morgan fingerprint density at radius 1 is 1.55 bits per heavy atom. The summed E-state index contributed by atoms with van der Waals surface area (Å²) in [4.78, 5) is 7.07. The second-order valence-corrected chi connectivity index (χ2v) is 6.12. The van der Waals surface area contributed by atoms with E-state index in [0.29, 0.717) is 18.7 Å². The SMILES string of the molecule is COCC(C)Nc1nc(C)cn1C1CCN(C)C(C)C1. The number of likely N-dealkylation sites (tertiary alicyclic amines) is 1. The summed E-state index contributed by atoms with van der Waals surface area (Å²) in [7, 11) is 3.94. The molecule has 20 heavy (non-hydrogen) atoms. The number of piperidine rings is 1. The molecule has 1 aromatic heterocycles. The van der Waals surface area contributed by atoms with Crippen molar-refractivity contribution in [3.8, 4) is 0 Å². The lowest BCUT2D eigenvalue weighted by atomic mass is 9.99. The zero-order valence-corrected chi connectivity index (χ0v) is 13.4. The molecule has 114 valence electrons. The van der Waals surface area contributed by atoms with E-state index in [0.717, 1.165) is 18.2 Å². The minimum Gasteiger partial charge on any atom is -0.383 e. The maximum absolute atomic E-state index is 5.19. The number of hydrogen-bond acceptors (Lipinski definition) is 4. The number of aromatic nitrogens is 2. The number of methoxy groups -OCH3 is 1. The lowest BCUT2D eigenvalue weighted by Gasteiger charge is -2.36. The van der Waals surface area contributed by atoms with Crippen LogP contribution < -0.4 is 5.32 Å². The number of rotatable bonds is 5. The number of ether oxygens (including phenoxy) is 1. The van der Waals surface area contributed by atoms with Crippen molar-refractivity contribution in [1.82, 2.24) is 14.5 Å². The molecule has 1 saturated heterocycles. The highest BCUT2D eigenvalue weighted by Crippen LogP contribution is 2.29. The van der Waals surface area contributed by atoms with Crippen LogP contribution in [0.1, 0.15) is 38.4 Å². The molecule has 0 radical (unpaired) electrons. The molecular weight excluding hydrogens is 252 g/mol. The van der Waals surface area contributed by atoms with E-state index in [2.05, 4.69) is 53.8 Å². The Hall–Kier alpha value is -1.07. The molecule has 3 unspecified atom stereocenters. The molecule has 1 aliphatic rings. The van der Waals surface area contributed by atoms with Gasteiger partial charge in [0.25, 0.3) is 0 Å². The highest BCUT2D eigenvalue weighted by Gasteiger charge is 2.26. The Kier molecular flexibility index (Phi) is 5.05.